The van der Waals surface area contributed by atoms with Crippen molar-refractivity contribution in [3.63, 3.8) is 0 Å². The van der Waals surface area contributed by atoms with Crippen LogP contribution in [0.3, 0.4) is 0 Å². The van der Waals surface area contributed by atoms with Crippen molar-refractivity contribution in [3.05, 3.63) is 51.7 Å². The number of halogens is 1. The molecule has 2 aromatic rings. The molecule has 0 fully saturated rings. The zero-order chi connectivity index (χ0) is 13.8. The van der Waals surface area contributed by atoms with Gasteiger partial charge in [0.15, 0.2) is 0 Å². The summed E-state index contributed by atoms with van der Waals surface area (Å²) in [6.45, 7) is 0. The first-order chi connectivity index (χ1) is 9.10. The summed E-state index contributed by atoms with van der Waals surface area (Å²) in [5.41, 5.74) is -0.0806. The fraction of sp³-hybridized carbons (Fsp3) is 0.0833. The van der Waals surface area contributed by atoms with Crippen LogP contribution in [0, 0.1) is 10.1 Å². The first-order valence-corrected chi connectivity index (χ1v) is 5.73. The Balaban J connectivity index is 2.25. The second-order valence-corrected chi connectivity index (χ2v) is 4.01. The first kappa shape index (κ1) is 13.1. The van der Waals surface area contributed by atoms with Crippen LogP contribution in [0.25, 0.3) is 0 Å². The van der Waals surface area contributed by atoms with Crippen molar-refractivity contribution >= 4 is 23.1 Å². The van der Waals surface area contributed by atoms with Gasteiger partial charge in [0.25, 0.3) is 5.69 Å². The molecular weight excluding hydrogens is 270 g/mol. The van der Waals surface area contributed by atoms with Gasteiger partial charge in [-0.05, 0) is 12.1 Å². The van der Waals surface area contributed by atoms with Crippen LogP contribution in [0.2, 0.25) is 5.02 Å². The van der Waals surface area contributed by atoms with Gasteiger partial charge in [-0.1, -0.05) is 11.6 Å². The molecule has 1 heterocycles. The van der Waals surface area contributed by atoms with Crippen molar-refractivity contribution in [1.29, 1.82) is 0 Å². The van der Waals surface area contributed by atoms with Gasteiger partial charge in [0, 0.05) is 31.4 Å². The molecule has 0 atom stereocenters. The van der Waals surface area contributed by atoms with Crippen LogP contribution >= 0.6 is 11.6 Å². The highest BCUT2D eigenvalue weighted by molar-refractivity contribution is 6.32. The largest absolute Gasteiger partial charge is 0.456 e. The molecule has 0 radical (unpaired) electrons. The fourth-order valence-corrected chi connectivity index (χ4v) is 1.64. The van der Waals surface area contributed by atoms with Crippen LogP contribution in [0.5, 0.6) is 11.5 Å². The van der Waals surface area contributed by atoms with E-state index in [-0.39, 0.29) is 10.7 Å². The second-order valence-electron chi connectivity index (χ2n) is 3.60. The molecule has 0 spiro atoms. The number of non-ortho nitro benzene ring substituents is 1. The minimum Gasteiger partial charge on any atom is -0.456 e. The van der Waals surface area contributed by atoms with Gasteiger partial charge in [0.05, 0.1) is 9.95 Å². The molecule has 6 nitrogen and oxygen atoms in total. The van der Waals surface area contributed by atoms with Gasteiger partial charge >= 0.3 is 0 Å². The number of aromatic nitrogens is 1. The van der Waals surface area contributed by atoms with Crippen molar-refractivity contribution in [1.82, 2.24) is 4.98 Å². The molecule has 7 heteroatoms. The topological polar surface area (TPSA) is 77.3 Å². The summed E-state index contributed by atoms with van der Waals surface area (Å²) in [6.07, 6.45) is 1.58. The van der Waals surface area contributed by atoms with Crippen molar-refractivity contribution in [2.75, 3.05) is 12.4 Å². The number of ether oxygens (including phenoxy) is 1. The van der Waals surface area contributed by atoms with Gasteiger partial charge in [0.2, 0.25) is 0 Å². The molecule has 0 saturated heterocycles. The monoisotopic (exact) mass is 279 g/mol. The highest BCUT2D eigenvalue weighted by Gasteiger charge is 2.11. The molecule has 2 rings (SSSR count). The number of hydrogen-bond acceptors (Lipinski definition) is 5. The molecule has 0 aliphatic carbocycles. The van der Waals surface area contributed by atoms with Gasteiger partial charge in [0.1, 0.15) is 17.3 Å². The smallest absolute Gasteiger partial charge is 0.271 e. The van der Waals surface area contributed by atoms with Crippen molar-refractivity contribution in [2.24, 2.45) is 0 Å². The third-order valence-electron chi connectivity index (χ3n) is 2.34. The Morgan fingerprint density at radius 2 is 2.16 bits per heavy atom. The van der Waals surface area contributed by atoms with Crippen LogP contribution in [-0.2, 0) is 0 Å². The summed E-state index contributed by atoms with van der Waals surface area (Å²) in [4.78, 5) is 14.1. The normalized spacial score (nSPS) is 10.0. The molecule has 0 aliphatic heterocycles. The summed E-state index contributed by atoms with van der Waals surface area (Å²) in [5.74, 6) is 1.53. The lowest BCUT2D eigenvalue weighted by atomic mass is 10.3. The fourth-order valence-electron chi connectivity index (χ4n) is 1.42. The van der Waals surface area contributed by atoms with Crippen LogP contribution in [0.15, 0.2) is 36.5 Å². The molecule has 1 aromatic carbocycles. The average Bonchev–Trinajstić information content (AvgIpc) is 2.41. The minimum atomic E-state index is -0.513. The van der Waals surface area contributed by atoms with E-state index in [1.54, 1.807) is 25.4 Å². The summed E-state index contributed by atoms with van der Waals surface area (Å²) in [7, 11) is 1.74. The predicted molar refractivity (Wildman–Crippen MR) is 72.0 cm³/mol. The van der Waals surface area contributed by atoms with E-state index in [2.05, 4.69) is 10.3 Å². The number of anilines is 1. The highest BCUT2D eigenvalue weighted by atomic mass is 35.5. The Bertz CT molecular complexity index is 619. The molecule has 98 valence electrons. The number of rotatable bonds is 4. The van der Waals surface area contributed by atoms with E-state index < -0.39 is 4.92 Å². The standard InChI is InChI=1S/C12H10ClN3O3/c1-14-12-7-9(4-5-15-12)19-11-3-2-8(16(17)18)6-10(11)13/h2-7H,1H3,(H,14,15). The maximum Gasteiger partial charge on any atom is 0.271 e. The lowest BCUT2D eigenvalue weighted by Crippen LogP contribution is -1.93. The third-order valence-corrected chi connectivity index (χ3v) is 2.64. The zero-order valence-electron chi connectivity index (χ0n) is 9.96. The summed E-state index contributed by atoms with van der Waals surface area (Å²) < 4.78 is 5.55. The van der Waals surface area contributed by atoms with E-state index in [1.807, 2.05) is 0 Å². The number of pyridine rings is 1. The quantitative estimate of drug-likeness (QED) is 0.685. The third kappa shape index (κ3) is 3.11. The molecule has 1 aromatic heterocycles. The number of nitrogens with one attached hydrogen (secondary N) is 1. The number of nitrogens with zero attached hydrogens (tertiary/aromatic N) is 2. The van der Waals surface area contributed by atoms with Crippen LogP contribution in [-0.4, -0.2) is 17.0 Å². The maximum atomic E-state index is 10.6. The predicted octanol–water partition coefficient (Wildman–Crippen LogP) is 3.48. The molecule has 19 heavy (non-hydrogen) atoms. The number of hydrogen-bond donors (Lipinski definition) is 1. The molecule has 1 N–H and O–H groups in total. The maximum absolute atomic E-state index is 10.6. The van der Waals surface area contributed by atoms with E-state index in [4.69, 9.17) is 16.3 Å². The van der Waals surface area contributed by atoms with Gasteiger partial charge in [-0.3, -0.25) is 10.1 Å². The molecule has 0 unspecified atom stereocenters. The Kier molecular flexibility index (Phi) is 3.82. The van der Waals surface area contributed by atoms with Crippen molar-refractivity contribution in [3.8, 4) is 11.5 Å². The van der Waals surface area contributed by atoms with Gasteiger partial charge in [-0.25, -0.2) is 4.98 Å². The van der Waals surface area contributed by atoms with E-state index in [0.29, 0.717) is 17.3 Å². The molecule has 0 bridgehead atoms. The lowest BCUT2D eigenvalue weighted by molar-refractivity contribution is -0.384. The van der Waals surface area contributed by atoms with Crippen LogP contribution in [0.1, 0.15) is 0 Å². The number of nitro benzene ring substituents is 1. The molecule has 0 saturated carbocycles. The van der Waals surface area contributed by atoms with Gasteiger partial charge in [-0.2, -0.15) is 0 Å². The van der Waals surface area contributed by atoms with E-state index in [1.165, 1.54) is 18.2 Å². The Morgan fingerprint density at radius 3 is 2.79 bits per heavy atom. The van der Waals surface area contributed by atoms with E-state index in [9.17, 15) is 10.1 Å². The Morgan fingerprint density at radius 1 is 1.37 bits per heavy atom. The summed E-state index contributed by atoms with van der Waals surface area (Å²) in [6, 6.07) is 7.40. The van der Waals surface area contributed by atoms with E-state index >= 15 is 0 Å². The first-order valence-electron chi connectivity index (χ1n) is 5.36. The van der Waals surface area contributed by atoms with E-state index in [0.717, 1.165) is 0 Å². The van der Waals surface area contributed by atoms with Crippen molar-refractivity contribution < 1.29 is 9.66 Å². The molecular formula is C12H10ClN3O3. The molecule has 0 amide bonds. The van der Waals surface area contributed by atoms with Gasteiger partial charge in [-0.15, -0.1) is 0 Å². The average molecular weight is 280 g/mol. The van der Waals surface area contributed by atoms with Crippen LogP contribution < -0.4 is 10.1 Å². The van der Waals surface area contributed by atoms with Crippen LogP contribution in [0.4, 0.5) is 11.5 Å². The SMILES string of the molecule is CNc1cc(Oc2ccc([N+](=O)[O-])cc2Cl)ccn1. The number of nitro groups is 1. The lowest BCUT2D eigenvalue weighted by Gasteiger charge is -2.08. The second kappa shape index (κ2) is 5.53. The zero-order valence-corrected chi connectivity index (χ0v) is 10.7. The summed E-state index contributed by atoms with van der Waals surface area (Å²) in [5, 5.41) is 13.7. The Labute approximate surface area is 114 Å². The minimum absolute atomic E-state index is 0.0806. The van der Waals surface area contributed by atoms with Crippen molar-refractivity contribution in [2.45, 2.75) is 0 Å². The Hall–Kier alpha value is -2.34. The highest BCUT2D eigenvalue weighted by Crippen LogP contribution is 2.32. The van der Waals surface area contributed by atoms with Gasteiger partial charge < -0.3 is 10.1 Å². The number of benzene rings is 1. The molecule has 0 aliphatic rings. The summed E-state index contributed by atoms with van der Waals surface area (Å²) >= 11 is 5.94.